The molecule has 10 aromatic rings. The molecule has 6 N–H and O–H groups in total. The summed E-state index contributed by atoms with van der Waals surface area (Å²) in [7, 11) is 0. The molecule has 13 nitrogen and oxygen atoms in total. The van der Waals surface area contributed by atoms with Crippen molar-refractivity contribution in [2.24, 2.45) is 0 Å². The first kappa shape index (κ1) is 73.8. The summed E-state index contributed by atoms with van der Waals surface area (Å²) in [6, 6.07) is 61.5. The number of rotatable bonds is 17. The number of carboxylic acids is 1. The minimum Gasteiger partial charge on any atom is -0.478 e. The van der Waals surface area contributed by atoms with Gasteiger partial charge in [0.05, 0.1) is 28.9 Å². The highest BCUT2D eigenvalue weighted by atomic mass is 19.4. The number of carboxylic acid groups (broad SMARTS) is 1. The van der Waals surface area contributed by atoms with Crippen LogP contribution in [-0.2, 0) is 37.5 Å². The summed E-state index contributed by atoms with van der Waals surface area (Å²) in [6.07, 6.45) is -18.2. The van der Waals surface area contributed by atoms with Crippen LogP contribution < -0.4 is 21.3 Å². The van der Waals surface area contributed by atoms with Gasteiger partial charge < -0.3 is 36.2 Å². The lowest BCUT2D eigenvalue weighted by Crippen LogP contribution is -2.47. The zero-order valence-corrected chi connectivity index (χ0v) is 53.6. The molecule has 0 aromatic heterocycles. The maximum atomic E-state index is 13.6. The van der Waals surface area contributed by atoms with Crippen LogP contribution in [0.3, 0.4) is 0 Å². The van der Waals surface area contributed by atoms with E-state index >= 15 is 0 Å². The third-order valence-corrected chi connectivity index (χ3v) is 17.2. The van der Waals surface area contributed by atoms with Crippen LogP contribution in [0.15, 0.2) is 243 Å². The number of nitrogens with one attached hydrogen (secondary N) is 4. The number of amides is 4. The van der Waals surface area contributed by atoms with Gasteiger partial charge in [-0.15, -0.1) is 0 Å². The molecular formula is C78H58F12N4O9. The molecule has 0 radical (unpaired) electrons. The Morgan fingerprint density at radius 2 is 0.680 bits per heavy atom. The largest absolute Gasteiger partial charge is 0.478 e. The molecule has 0 saturated carbocycles. The first-order chi connectivity index (χ1) is 48.9. The minimum atomic E-state index is -4.64. The predicted octanol–water partition coefficient (Wildman–Crippen LogP) is 17.2. The molecule has 0 bridgehead atoms. The summed E-state index contributed by atoms with van der Waals surface area (Å²) in [6.45, 7) is -3.55. The van der Waals surface area contributed by atoms with Gasteiger partial charge in [0.1, 0.15) is 23.9 Å². The molecule has 4 amide bonds. The van der Waals surface area contributed by atoms with Crippen LogP contribution >= 0.6 is 0 Å². The quantitative estimate of drug-likeness (QED) is 0.0379. The van der Waals surface area contributed by atoms with E-state index in [1.165, 1.54) is 78.9 Å². The zero-order chi connectivity index (χ0) is 74.1. The Balaban J connectivity index is 0.000000184. The number of anilines is 2. The molecule has 0 spiro atoms. The SMILES string of the molecule is O=C(NCC(F)(F)F)C1(CCO)c2ccccc2-c2ccccc21.O=C(O)c1ccc(NC(=O)c2ccccc2-c2ccc(C(F)(F)F)cc2)cc1.O=C(OCCC1(C(=O)NCC(F)(F)F)c2ccccc2-c2ccccc21)c1ccc(NC(=O)c2ccccc2-c2ccc(C(F)(F)F)cc2)cc1. The smallest absolute Gasteiger partial charge is 0.416 e. The van der Waals surface area contributed by atoms with Crippen molar-refractivity contribution in [1.29, 1.82) is 0 Å². The van der Waals surface area contributed by atoms with Crippen molar-refractivity contribution in [2.45, 2.75) is 48.4 Å². The fourth-order valence-electron chi connectivity index (χ4n) is 12.4. The average Bonchev–Trinajstić information content (AvgIpc) is 1.57. The molecule has 0 saturated heterocycles. The Morgan fingerprint density at radius 1 is 0.369 bits per heavy atom. The average molecular weight is 1420 g/mol. The molecule has 0 fully saturated rings. The number of carbonyl (C=O) groups excluding carboxylic acids is 5. The Kier molecular flexibility index (Phi) is 21.9. The predicted molar refractivity (Wildman–Crippen MR) is 360 cm³/mol. The van der Waals surface area contributed by atoms with Gasteiger partial charge in [-0.2, -0.15) is 52.7 Å². The number of carbonyl (C=O) groups is 6. The number of alkyl halides is 12. The number of hydrogen-bond donors (Lipinski definition) is 6. The van der Waals surface area contributed by atoms with Crippen LogP contribution in [0.1, 0.15) is 87.7 Å². The number of hydrogen-bond acceptors (Lipinski definition) is 8. The van der Waals surface area contributed by atoms with E-state index in [1.54, 1.807) is 115 Å². The van der Waals surface area contributed by atoms with Crippen LogP contribution in [0, 0.1) is 0 Å². The molecule has 10 aromatic carbocycles. The van der Waals surface area contributed by atoms with E-state index in [1.807, 2.05) is 34.9 Å². The highest BCUT2D eigenvalue weighted by molar-refractivity contribution is 6.10. The molecular weight excluding hydrogens is 1360 g/mol. The molecule has 0 unspecified atom stereocenters. The van der Waals surface area contributed by atoms with Crippen LogP contribution in [0.4, 0.5) is 64.1 Å². The van der Waals surface area contributed by atoms with Gasteiger partial charge in [-0.05, 0) is 158 Å². The van der Waals surface area contributed by atoms with Crippen molar-refractivity contribution in [2.75, 3.05) is 36.9 Å². The van der Waals surface area contributed by atoms with Crippen molar-refractivity contribution < 1.29 is 96.4 Å². The van der Waals surface area contributed by atoms with Crippen molar-refractivity contribution in [3.63, 3.8) is 0 Å². The monoisotopic (exact) mass is 1420 g/mol. The van der Waals surface area contributed by atoms with E-state index in [0.29, 0.717) is 67.0 Å². The second-order valence-electron chi connectivity index (χ2n) is 23.6. The summed E-state index contributed by atoms with van der Waals surface area (Å²) in [4.78, 5) is 76.2. The molecule has 0 aliphatic heterocycles. The van der Waals surface area contributed by atoms with Gasteiger partial charge in [0.15, 0.2) is 0 Å². The number of fused-ring (bicyclic) bond motifs is 6. The summed E-state index contributed by atoms with van der Waals surface area (Å²) >= 11 is 0. The molecule has 2 aliphatic rings. The van der Waals surface area contributed by atoms with Crippen molar-refractivity contribution >= 4 is 46.9 Å². The van der Waals surface area contributed by atoms with Gasteiger partial charge in [0, 0.05) is 35.5 Å². The van der Waals surface area contributed by atoms with Gasteiger partial charge >= 0.3 is 36.6 Å². The first-order valence-corrected chi connectivity index (χ1v) is 31.4. The van der Waals surface area contributed by atoms with Gasteiger partial charge in [-0.1, -0.05) is 158 Å². The van der Waals surface area contributed by atoms with Crippen molar-refractivity contribution in [3.05, 3.63) is 298 Å². The van der Waals surface area contributed by atoms with E-state index in [9.17, 15) is 86.6 Å². The Hall–Kier alpha value is -11.9. The fourth-order valence-corrected chi connectivity index (χ4v) is 12.4. The number of halogens is 12. The molecule has 103 heavy (non-hydrogen) atoms. The van der Waals surface area contributed by atoms with Gasteiger partial charge in [0.2, 0.25) is 11.8 Å². The van der Waals surface area contributed by atoms with Crippen LogP contribution in [-0.4, -0.2) is 84.4 Å². The Labute approximate surface area is 579 Å². The van der Waals surface area contributed by atoms with E-state index in [4.69, 9.17) is 9.84 Å². The number of ether oxygens (including phenoxy) is 1. The second-order valence-corrected chi connectivity index (χ2v) is 23.6. The van der Waals surface area contributed by atoms with Crippen LogP contribution in [0.5, 0.6) is 0 Å². The number of benzene rings is 10. The van der Waals surface area contributed by atoms with Crippen molar-refractivity contribution in [1.82, 2.24) is 10.6 Å². The number of aliphatic hydroxyl groups excluding tert-OH is 1. The lowest BCUT2D eigenvalue weighted by atomic mass is 9.74. The third kappa shape index (κ3) is 16.6. The molecule has 12 rings (SSSR count). The zero-order valence-electron chi connectivity index (χ0n) is 53.6. The first-order valence-electron chi connectivity index (χ1n) is 31.4. The maximum absolute atomic E-state index is 13.6. The molecule has 0 heterocycles. The second kappa shape index (κ2) is 30.5. The van der Waals surface area contributed by atoms with E-state index in [-0.39, 0.29) is 48.3 Å². The van der Waals surface area contributed by atoms with E-state index < -0.39 is 95.3 Å². The van der Waals surface area contributed by atoms with Gasteiger partial charge in [-0.3, -0.25) is 19.2 Å². The number of aliphatic hydroxyl groups is 1. The minimum absolute atomic E-state index is 0.0186. The summed E-state index contributed by atoms with van der Waals surface area (Å²) in [5, 5.41) is 27.8. The lowest BCUT2D eigenvalue weighted by molar-refractivity contribution is -0.141. The third-order valence-electron chi connectivity index (χ3n) is 17.2. The van der Waals surface area contributed by atoms with Gasteiger partial charge in [-0.25, -0.2) is 9.59 Å². The normalized spacial score (nSPS) is 13.0. The van der Waals surface area contributed by atoms with Crippen molar-refractivity contribution in [3.8, 4) is 44.5 Å². The topological polar surface area (TPSA) is 200 Å². The Bertz CT molecular complexity index is 4680. The molecule has 2 aliphatic carbocycles. The Morgan fingerprint density at radius 3 is 1.00 bits per heavy atom. The lowest BCUT2D eigenvalue weighted by Gasteiger charge is -2.31. The number of aromatic carboxylic acids is 1. The van der Waals surface area contributed by atoms with E-state index in [2.05, 4.69) is 10.6 Å². The molecule has 528 valence electrons. The van der Waals surface area contributed by atoms with Crippen LogP contribution in [0.2, 0.25) is 0 Å². The summed E-state index contributed by atoms with van der Waals surface area (Å²) < 4.78 is 160. The van der Waals surface area contributed by atoms with E-state index in [0.717, 1.165) is 35.4 Å². The summed E-state index contributed by atoms with van der Waals surface area (Å²) in [5.74, 6) is -4.44. The highest BCUT2D eigenvalue weighted by Gasteiger charge is 2.51. The molecule has 0 atom stereocenters. The number of esters is 1. The maximum Gasteiger partial charge on any atom is 0.416 e. The van der Waals surface area contributed by atoms with Gasteiger partial charge in [0.25, 0.3) is 11.8 Å². The molecule has 25 heteroatoms. The fraction of sp³-hybridized carbons (Fsp3) is 0.154. The highest BCUT2D eigenvalue weighted by Crippen LogP contribution is 2.53. The standard InChI is InChI=1S/C39H28F6N2O4.C21H14F3NO3.C18H16F3NO2/c40-38(41,42)23-46-36(50)37(32-11-5-3-8-29(32)30-9-4-6-12-33(30)37)21-22-51-35(49)25-15-19-27(20-16-25)47-34(48)31-10-2-1-7-28(31)24-13-17-26(18-14-24)39(43,44)45;22-21(23,24)15-9-5-13(6-10-15)17-3-1-2-4-18(17)19(26)25-16-11-7-14(8-12-16)20(27)28;19-18(20,21)11-22-16(24)17(9-10-23)14-7-3-1-5-12(14)13-6-2-4-8-15(13)17/h1-20H,21-23H2,(H,46,50)(H,47,48);1-12H,(H,25,26)(H,27,28);1-8,23H,9-11H2,(H,22,24). The summed E-state index contributed by atoms with van der Waals surface area (Å²) in [5.41, 5.74) is 4.01. The van der Waals surface area contributed by atoms with Crippen LogP contribution in [0.25, 0.3) is 44.5 Å².